The molecule has 0 amide bonds. The summed E-state index contributed by atoms with van der Waals surface area (Å²) < 4.78 is 11.4. The van der Waals surface area contributed by atoms with E-state index >= 15 is 0 Å². The third-order valence-electron chi connectivity index (χ3n) is 6.50. The van der Waals surface area contributed by atoms with Crippen molar-refractivity contribution in [2.24, 2.45) is 10.8 Å². The minimum atomic E-state index is 0.244. The summed E-state index contributed by atoms with van der Waals surface area (Å²) in [6.07, 6.45) is 16.7. The minimum Gasteiger partial charge on any atom is -0.496 e. The van der Waals surface area contributed by atoms with Crippen LogP contribution in [0.25, 0.3) is 0 Å². The van der Waals surface area contributed by atoms with Crippen LogP contribution in [0.15, 0.2) is 48.6 Å². The fraction of sp³-hybridized carbons (Fsp3) is 0.400. The van der Waals surface area contributed by atoms with Crippen molar-refractivity contribution in [1.82, 2.24) is 0 Å². The van der Waals surface area contributed by atoms with Gasteiger partial charge in [-0.15, -0.1) is 0 Å². The maximum atomic E-state index is 5.71. The Balaban J connectivity index is 1.84. The van der Waals surface area contributed by atoms with Gasteiger partial charge in [-0.05, 0) is 25.0 Å². The van der Waals surface area contributed by atoms with Gasteiger partial charge in [0.05, 0.1) is 14.2 Å². The van der Waals surface area contributed by atoms with Gasteiger partial charge in [0.1, 0.15) is 11.5 Å². The van der Waals surface area contributed by atoms with Crippen molar-refractivity contribution >= 4 is 0 Å². The highest BCUT2D eigenvalue weighted by Gasteiger charge is 2.66. The van der Waals surface area contributed by atoms with E-state index in [1.54, 1.807) is 14.2 Å². The molecule has 112 valence electrons. The number of methoxy groups -OCH3 is 2. The van der Waals surface area contributed by atoms with E-state index in [2.05, 4.69) is 48.6 Å². The molecule has 0 saturated carbocycles. The van der Waals surface area contributed by atoms with Crippen molar-refractivity contribution in [2.45, 2.75) is 24.7 Å². The molecular weight excluding hydrogens is 272 g/mol. The highest BCUT2D eigenvalue weighted by Crippen LogP contribution is 2.76. The summed E-state index contributed by atoms with van der Waals surface area (Å²) >= 11 is 0. The van der Waals surface area contributed by atoms with E-state index in [0.717, 1.165) is 24.3 Å². The average molecular weight is 292 g/mol. The molecule has 0 saturated heterocycles. The first kappa shape index (κ1) is 12.6. The molecule has 5 aliphatic rings. The van der Waals surface area contributed by atoms with Crippen LogP contribution in [0.4, 0.5) is 0 Å². The molecular formula is C20H20O2. The van der Waals surface area contributed by atoms with Crippen molar-refractivity contribution in [3.63, 3.8) is 0 Å². The van der Waals surface area contributed by atoms with Crippen LogP contribution < -0.4 is 9.47 Å². The van der Waals surface area contributed by atoms with Crippen molar-refractivity contribution < 1.29 is 9.47 Å². The Hall–Kier alpha value is -1.96. The lowest BCUT2D eigenvalue weighted by molar-refractivity contribution is 0.0341. The lowest BCUT2D eigenvalue weighted by atomic mass is 9.36. The molecule has 22 heavy (non-hydrogen) atoms. The summed E-state index contributed by atoms with van der Waals surface area (Å²) in [5, 5.41) is 0. The topological polar surface area (TPSA) is 18.5 Å². The van der Waals surface area contributed by atoms with Gasteiger partial charge >= 0.3 is 0 Å². The number of benzene rings is 1. The standard InChI is InChI=1S/C20H20O2/c1-21-15-7-8-16(22-2)18-14-6-5-13(17(15)18)19-9-3-4-10-20(14,19)12-11-19/h3-8,11-14H,9-10H2,1-2H3/t13-,14-,19-,20+/m0/s1. The van der Waals surface area contributed by atoms with E-state index in [1.165, 1.54) is 11.1 Å². The quantitative estimate of drug-likeness (QED) is 0.755. The lowest BCUT2D eigenvalue weighted by Gasteiger charge is -2.66. The van der Waals surface area contributed by atoms with Crippen LogP contribution >= 0.6 is 0 Å². The van der Waals surface area contributed by atoms with Crippen molar-refractivity contribution in [3.05, 3.63) is 59.7 Å². The van der Waals surface area contributed by atoms with Gasteiger partial charge in [0.25, 0.3) is 0 Å². The third kappa shape index (κ3) is 1.10. The van der Waals surface area contributed by atoms with Crippen LogP contribution in [0.2, 0.25) is 0 Å². The van der Waals surface area contributed by atoms with Gasteiger partial charge in [0.15, 0.2) is 0 Å². The molecule has 0 unspecified atom stereocenters. The van der Waals surface area contributed by atoms with E-state index < -0.39 is 0 Å². The molecule has 0 radical (unpaired) electrons. The molecule has 2 bridgehead atoms. The molecule has 1 aromatic rings. The van der Waals surface area contributed by atoms with Crippen molar-refractivity contribution in [3.8, 4) is 11.5 Å². The monoisotopic (exact) mass is 292 g/mol. The molecule has 2 nitrogen and oxygen atoms in total. The normalized spacial score (nSPS) is 38.8. The Morgan fingerprint density at radius 1 is 0.818 bits per heavy atom. The Morgan fingerprint density at radius 3 is 1.64 bits per heavy atom. The highest BCUT2D eigenvalue weighted by atomic mass is 16.5. The number of rotatable bonds is 2. The fourth-order valence-electron chi connectivity index (χ4n) is 5.49. The smallest absolute Gasteiger partial charge is 0.123 e. The molecule has 0 aromatic heterocycles. The molecule has 1 aromatic carbocycles. The van der Waals surface area contributed by atoms with Crippen LogP contribution in [-0.2, 0) is 0 Å². The summed E-state index contributed by atoms with van der Waals surface area (Å²) in [5.74, 6) is 2.81. The second kappa shape index (κ2) is 3.87. The summed E-state index contributed by atoms with van der Waals surface area (Å²) in [7, 11) is 3.55. The summed E-state index contributed by atoms with van der Waals surface area (Å²) in [4.78, 5) is 0. The maximum Gasteiger partial charge on any atom is 0.123 e. The van der Waals surface area contributed by atoms with Crippen LogP contribution in [-0.4, -0.2) is 14.2 Å². The largest absolute Gasteiger partial charge is 0.496 e. The van der Waals surface area contributed by atoms with Gasteiger partial charge in [-0.1, -0.05) is 36.5 Å². The van der Waals surface area contributed by atoms with E-state index in [0.29, 0.717) is 11.8 Å². The Morgan fingerprint density at radius 2 is 1.27 bits per heavy atom. The van der Waals surface area contributed by atoms with E-state index in [9.17, 15) is 0 Å². The molecule has 0 aliphatic heterocycles. The molecule has 0 N–H and O–H groups in total. The number of hydrogen-bond acceptors (Lipinski definition) is 2. The number of hydrogen-bond donors (Lipinski definition) is 0. The average Bonchev–Trinajstić information content (AvgIpc) is 2.55. The molecule has 6 rings (SSSR count). The van der Waals surface area contributed by atoms with Crippen LogP contribution in [0, 0.1) is 10.8 Å². The van der Waals surface area contributed by atoms with Gasteiger partial charge in [-0.25, -0.2) is 0 Å². The van der Waals surface area contributed by atoms with Gasteiger partial charge in [0.2, 0.25) is 0 Å². The minimum absolute atomic E-state index is 0.244. The number of allylic oxidation sites excluding steroid dienone is 6. The molecule has 0 heterocycles. The van der Waals surface area contributed by atoms with Crippen LogP contribution in [0.5, 0.6) is 11.5 Å². The maximum absolute atomic E-state index is 5.71. The summed E-state index contributed by atoms with van der Waals surface area (Å²) in [6.45, 7) is 0. The second-order valence-electron chi connectivity index (χ2n) is 6.93. The first-order chi connectivity index (χ1) is 10.8. The molecule has 4 atom stereocenters. The zero-order valence-corrected chi connectivity index (χ0v) is 13.0. The van der Waals surface area contributed by atoms with Crippen LogP contribution in [0.1, 0.15) is 35.8 Å². The van der Waals surface area contributed by atoms with E-state index in [-0.39, 0.29) is 10.8 Å². The predicted octanol–water partition coefficient (Wildman–Crippen LogP) is 4.35. The molecule has 0 spiro atoms. The Labute approximate surface area is 131 Å². The Bertz CT molecular complexity index is 696. The summed E-state index contributed by atoms with van der Waals surface area (Å²) in [6, 6.07) is 4.12. The predicted molar refractivity (Wildman–Crippen MR) is 86.5 cm³/mol. The molecule has 2 heteroatoms. The lowest BCUT2D eigenvalue weighted by Crippen LogP contribution is -2.58. The highest BCUT2D eigenvalue weighted by molar-refractivity contribution is 5.65. The van der Waals surface area contributed by atoms with Crippen molar-refractivity contribution in [1.29, 1.82) is 0 Å². The second-order valence-corrected chi connectivity index (χ2v) is 6.93. The SMILES string of the molecule is COc1ccc(OC)c2c1[C@@H]1C=C[C@@H]2[C@]23C=C[C@]12CC=CC3. The fourth-order valence-corrected chi connectivity index (χ4v) is 5.49. The van der Waals surface area contributed by atoms with E-state index in [4.69, 9.17) is 9.47 Å². The van der Waals surface area contributed by atoms with Gasteiger partial charge in [-0.2, -0.15) is 0 Å². The Kier molecular flexibility index (Phi) is 2.21. The van der Waals surface area contributed by atoms with Gasteiger partial charge in [0, 0.05) is 33.8 Å². The first-order valence-electron chi connectivity index (χ1n) is 8.06. The van der Waals surface area contributed by atoms with Crippen molar-refractivity contribution in [2.75, 3.05) is 14.2 Å². The van der Waals surface area contributed by atoms with E-state index in [1.807, 2.05) is 0 Å². The third-order valence-corrected chi connectivity index (χ3v) is 6.50. The van der Waals surface area contributed by atoms with Gasteiger partial charge in [-0.3, -0.25) is 0 Å². The summed E-state index contributed by atoms with van der Waals surface area (Å²) in [5.41, 5.74) is 3.19. The zero-order valence-electron chi connectivity index (χ0n) is 13.0. The molecule has 5 aliphatic carbocycles. The molecule has 0 fully saturated rings. The van der Waals surface area contributed by atoms with Gasteiger partial charge < -0.3 is 9.47 Å². The first-order valence-corrected chi connectivity index (χ1v) is 8.06. The zero-order chi connectivity index (χ0) is 14.9. The number of ether oxygens (including phenoxy) is 2. The van der Waals surface area contributed by atoms with Crippen LogP contribution in [0.3, 0.4) is 0 Å².